The van der Waals surface area contributed by atoms with Crippen molar-refractivity contribution < 1.29 is 19.1 Å². The van der Waals surface area contributed by atoms with Crippen molar-refractivity contribution in [2.75, 3.05) is 7.11 Å². The molecule has 1 heterocycles. The molecule has 0 saturated carbocycles. The predicted octanol–water partition coefficient (Wildman–Crippen LogP) is 4.28. The fourth-order valence-corrected chi connectivity index (χ4v) is 2.64. The Labute approximate surface area is 166 Å². The lowest BCUT2D eigenvalue weighted by atomic mass is 10.0. The third-order valence-electron chi connectivity index (χ3n) is 3.94. The van der Waals surface area contributed by atoms with Crippen LogP contribution in [0.15, 0.2) is 36.3 Å². The predicted molar refractivity (Wildman–Crippen MR) is 109 cm³/mol. The topological polar surface area (TPSA) is 70.4 Å². The van der Waals surface area contributed by atoms with Gasteiger partial charge in [-0.05, 0) is 64.8 Å². The maximum absolute atomic E-state index is 12.6. The molecule has 0 aliphatic heterocycles. The molecule has 0 aliphatic carbocycles. The van der Waals surface area contributed by atoms with Crippen molar-refractivity contribution in [3.05, 3.63) is 47.6 Å². The van der Waals surface area contributed by atoms with Gasteiger partial charge in [0.05, 0.1) is 24.8 Å². The van der Waals surface area contributed by atoms with E-state index in [1.54, 1.807) is 19.5 Å². The van der Waals surface area contributed by atoms with Crippen LogP contribution in [0.3, 0.4) is 0 Å². The maximum Gasteiger partial charge on any atom is 0.334 e. The molecule has 0 amide bonds. The molecule has 1 aromatic carbocycles. The second-order valence-electron chi connectivity index (χ2n) is 7.73. The van der Waals surface area contributed by atoms with Gasteiger partial charge < -0.3 is 18.8 Å². The Bertz CT molecular complexity index is 888. The van der Waals surface area contributed by atoms with Crippen LogP contribution in [0, 0.1) is 6.92 Å². The molecule has 0 fully saturated rings. The Hall–Kier alpha value is -2.89. The van der Waals surface area contributed by atoms with Crippen molar-refractivity contribution in [1.29, 1.82) is 0 Å². The van der Waals surface area contributed by atoms with Crippen molar-refractivity contribution in [2.24, 2.45) is 0 Å². The Balaban J connectivity index is 2.38. The van der Waals surface area contributed by atoms with E-state index < -0.39 is 11.6 Å². The molecule has 6 heteroatoms. The summed E-state index contributed by atoms with van der Waals surface area (Å²) in [6, 6.07) is 5.65. The number of Topliss-reactive ketones (excluding diaryl/α,β-unsaturated/α-hetero) is 1. The Morgan fingerprint density at radius 1 is 1.21 bits per heavy atom. The van der Waals surface area contributed by atoms with Crippen molar-refractivity contribution in [3.8, 4) is 11.4 Å². The maximum atomic E-state index is 12.6. The van der Waals surface area contributed by atoms with Crippen molar-refractivity contribution in [1.82, 2.24) is 9.55 Å². The molecule has 2 rings (SSSR count). The summed E-state index contributed by atoms with van der Waals surface area (Å²) in [6.45, 7) is 8.88. The first-order chi connectivity index (χ1) is 13.1. The van der Waals surface area contributed by atoms with Gasteiger partial charge in [-0.2, -0.15) is 0 Å². The molecule has 0 bridgehead atoms. The van der Waals surface area contributed by atoms with Gasteiger partial charge in [0, 0.05) is 18.2 Å². The Morgan fingerprint density at radius 3 is 2.46 bits per heavy atom. The number of imidazole rings is 1. The number of hydrogen-bond acceptors (Lipinski definition) is 5. The number of ketones is 1. The number of benzene rings is 1. The van der Waals surface area contributed by atoms with Gasteiger partial charge in [-0.3, -0.25) is 0 Å². The molecule has 6 nitrogen and oxygen atoms in total. The molecule has 0 radical (unpaired) electrons. The molecule has 28 heavy (non-hydrogen) atoms. The minimum atomic E-state index is -0.604. The number of ether oxygens (including phenoxy) is 2. The fourth-order valence-electron chi connectivity index (χ4n) is 2.64. The largest absolute Gasteiger partial charge is 0.495 e. The minimum Gasteiger partial charge on any atom is -0.495 e. The second-order valence-corrected chi connectivity index (χ2v) is 7.73. The van der Waals surface area contributed by atoms with Crippen LogP contribution < -0.4 is 4.74 Å². The summed E-state index contributed by atoms with van der Waals surface area (Å²) in [5, 5.41) is 0. The van der Waals surface area contributed by atoms with E-state index in [1.165, 1.54) is 6.92 Å². The number of esters is 1. The van der Waals surface area contributed by atoms with Crippen LogP contribution in [0.5, 0.6) is 5.75 Å². The lowest BCUT2D eigenvalue weighted by Crippen LogP contribution is -2.25. The molecule has 0 aliphatic rings. The minimum absolute atomic E-state index is 0.0258. The van der Waals surface area contributed by atoms with Gasteiger partial charge in [0.1, 0.15) is 17.1 Å². The quantitative estimate of drug-likeness (QED) is 0.526. The van der Waals surface area contributed by atoms with Crippen LogP contribution >= 0.6 is 0 Å². The first-order valence-electron chi connectivity index (χ1n) is 9.21. The number of aryl methyl sites for hydroxylation is 1. The first kappa shape index (κ1) is 21.4. The van der Waals surface area contributed by atoms with E-state index >= 15 is 0 Å². The molecule has 0 unspecified atom stereocenters. The number of carbonyl (C=O) groups excluding carboxylic acids is 2. The summed E-state index contributed by atoms with van der Waals surface area (Å²) in [7, 11) is 1.60. The highest BCUT2D eigenvalue weighted by molar-refractivity contribution is 5.94. The highest BCUT2D eigenvalue weighted by atomic mass is 16.6. The summed E-state index contributed by atoms with van der Waals surface area (Å²) < 4.78 is 12.9. The highest BCUT2D eigenvalue weighted by Crippen LogP contribution is 2.26. The smallest absolute Gasteiger partial charge is 0.334 e. The van der Waals surface area contributed by atoms with E-state index in [1.807, 2.05) is 56.7 Å². The van der Waals surface area contributed by atoms with E-state index in [2.05, 4.69) is 4.98 Å². The Morgan fingerprint density at radius 2 is 1.93 bits per heavy atom. The molecule has 2 aromatic rings. The fraction of sp³-hybridized carbons (Fsp3) is 0.409. The molecular formula is C22H28N2O4. The summed E-state index contributed by atoms with van der Waals surface area (Å²) in [5.74, 6) is 0.265. The van der Waals surface area contributed by atoms with Gasteiger partial charge in [0.25, 0.3) is 0 Å². The van der Waals surface area contributed by atoms with E-state index in [4.69, 9.17) is 9.47 Å². The van der Waals surface area contributed by atoms with Gasteiger partial charge in [-0.1, -0.05) is 6.07 Å². The average Bonchev–Trinajstić information content (AvgIpc) is 3.02. The number of rotatable bonds is 7. The number of carbonyl (C=O) groups is 2. The van der Waals surface area contributed by atoms with E-state index in [9.17, 15) is 9.59 Å². The van der Waals surface area contributed by atoms with Crippen LogP contribution in [0.25, 0.3) is 11.8 Å². The lowest BCUT2D eigenvalue weighted by Gasteiger charge is -2.20. The average molecular weight is 384 g/mol. The van der Waals surface area contributed by atoms with Gasteiger partial charge in [0.2, 0.25) is 0 Å². The van der Waals surface area contributed by atoms with Crippen LogP contribution in [0.2, 0.25) is 0 Å². The number of aromatic nitrogens is 2. The van der Waals surface area contributed by atoms with Gasteiger partial charge in [-0.15, -0.1) is 0 Å². The van der Waals surface area contributed by atoms with E-state index in [0.717, 1.165) is 16.9 Å². The Kier molecular flexibility index (Phi) is 6.78. The third-order valence-corrected chi connectivity index (χ3v) is 3.94. The zero-order chi connectivity index (χ0) is 20.9. The summed E-state index contributed by atoms with van der Waals surface area (Å²) in [4.78, 5) is 28.2. The van der Waals surface area contributed by atoms with Crippen LogP contribution in [-0.2, 0) is 14.3 Å². The number of methoxy groups -OCH3 is 1. The molecule has 0 spiro atoms. The summed E-state index contributed by atoms with van der Waals surface area (Å²) >= 11 is 0. The second kappa shape index (κ2) is 8.87. The van der Waals surface area contributed by atoms with Crippen LogP contribution in [0.1, 0.15) is 51.8 Å². The molecule has 0 atom stereocenters. The molecule has 0 N–H and O–H groups in total. The normalized spacial score (nSPS) is 12.0. The zero-order valence-electron chi connectivity index (χ0n) is 17.4. The number of nitrogens with zero attached hydrogens (tertiary/aromatic N) is 2. The van der Waals surface area contributed by atoms with Gasteiger partial charge >= 0.3 is 5.97 Å². The van der Waals surface area contributed by atoms with Crippen molar-refractivity contribution in [2.45, 2.75) is 53.1 Å². The molecule has 0 saturated heterocycles. The van der Waals surface area contributed by atoms with Gasteiger partial charge in [0.15, 0.2) is 0 Å². The number of hydrogen-bond donors (Lipinski definition) is 0. The van der Waals surface area contributed by atoms with Crippen molar-refractivity contribution >= 4 is 17.8 Å². The van der Waals surface area contributed by atoms with Crippen molar-refractivity contribution in [3.63, 3.8) is 0 Å². The van der Waals surface area contributed by atoms with E-state index in [-0.39, 0.29) is 12.2 Å². The van der Waals surface area contributed by atoms with Gasteiger partial charge in [-0.25, -0.2) is 9.78 Å². The molecule has 150 valence electrons. The molecule has 1 aromatic heterocycles. The summed E-state index contributed by atoms with van der Waals surface area (Å²) in [6.07, 6.45) is 6.00. The standard InChI is InChI=1S/C22H28N2O4/c1-15-13-24(14-23-15)19-10-8-17(12-20(19)27-6)11-18(9-7-16(2)25)21(26)28-22(3,4)5/h8,10-14H,7,9H2,1-6H3/b18-11+. The zero-order valence-corrected chi connectivity index (χ0v) is 17.4. The lowest BCUT2D eigenvalue weighted by molar-refractivity contribution is -0.149. The van der Waals surface area contributed by atoms with Crippen LogP contribution in [-0.4, -0.2) is 34.0 Å². The van der Waals surface area contributed by atoms with Crippen LogP contribution in [0.4, 0.5) is 0 Å². The first-order valence-corrected chi connectivity index (χ1v) is 9.21. The SMILES string of the molecule is COc1cc(/C=C(\CCC(C)=O)C(=O)OC(C)(C)C)ccc1-n1cnc(C)c1. The third kappa shape index (κ3) is 6.08. The highest BCUT2D eigenvalue weighted by Gasteiger charge is 2.20. The summed E-state index contributed by atoms with van der Waals surface area (Å²) in [5.41, 5.74) is 2.40. The molecular weight excluding hydrogens is 356 g/mol. The monoisotopic (exact) mass is 384 g/mol. The van der Waals surface area contributed by atoms with E-state index in [0.29, 0.717) is 17.7 Å².